The zero-order valence-electron chi connectivity index (χ0n) is 14.4. The molecule has 0 aliphatic heterocycles. The predicted molar refractivity (Wildman–Crippen MR) is 97.0 cm³/mol. The highest BCUT2D eigenvalue weighted by molar-refractivity contribution is 7.98. The van der Waals surface area contributed by atoms with Gasteiger partial charge in [0.05, 0.1) is 18.4 Å². The first-order valence-corrected chi connectivity index (χ1v) is 8.93. The lowest BCUT2D eigenvalue weighted by Crippen LogP contribution is -2.23. The van der Waals surface area contributed by atoms with Crippen molar-refractivity contribution in [2.24, 2.45) is 0 Å². The average Bonchev–Trinajstić information content (AvgIpc) is 3.10. The molecule has 7 nitrogen and oxygen atoms in total. The second-order valence-corrected chi connectivity index (χ2v) is 6.39. The lowest BCUT2D eigenvalue weighted by atomic mass is 10.2. The lowest BCUT2D eigenvalue weighted by molar-refractivity contribution is 0.0947. The van der Waals surface area contributed by atoms with Crippen LogP contribution in [0.3, 0.4) is 0 Å². The van der Waals surface area contributed by atoms with Crippen molar-refractivity contribution in [1.82, 2.24) is 20.4 Å². The molecular formula is C18H18N4O3S. The van der Waals surface area contributed by atoms with E-state index in [9.17, 15) is 4.79 Å². The smallest absolute Gasteiger partial charge is 0.252 e. The fourth-order valence-corrected chi connectivity index (χ4v) is 3.23. The number of hydrogen-bond acceptors (Lipinski definition) is 7. The van der Waals surface area contributed by atoms with Gasteiger partial charge < -0.3 is 14.6 Å². The third kappa shape index (κ3) is 4.40. The monoisotopic (exact) mass is 370 g/mol. The van der Waals surface area contributed by atoms with Crippen LogP contribution < -0.4 is 10.1 Å². The first-order chi connectivity index (χ1) is 12.7. The van der Waals surface area contributed by atoms with Crippen LogP contribution in [0, 0.1) is 6.92 Å². The van der Waals surface area contributed by atoms with Gasteiger partial charge in [-0.05, 0) is 18.2 Å². The molecule has 1 N–H and O–H groups in total. The minimum Gasteiger partial charge on any atom is -0.481 e. The number of hydrogen-bond donors (Lipinski definition) is 1. The quantitative estimate of drug-likeness (QED) is 0.639. The highest BCUT2D eigenvalue weighted by atomic mass is 32.2. The molecule has 0 saturated heterocycles. The third-order valence-corrected chi connectivity index (χ3v) is 4.61. The van der Waals surface area contributed by atoms with Gasteiger partial charge in [-0.25, -0.2) is 4.98 Å². The van der Waals surface area contributed by atoms with Gasteiger partial charge in [0.15, 0.2) is 5.82 Å². The van der Waals surface area contributed by atoms with Crippen LogP contribution in [0.1, 0.15) is 27.6 Å². The van der Waals surface area contributed by atoms with Crippen molar-refractivity contribution in [3.8, 4) is 5.88 Å². The number of benzene rings is 1. The number of nitrogens with zero attached hydrogens (tertiary/aromatic N) is 3. The molecule has 0 fully saturated rings. The number of pyridine rings is 1. The maximum absolute atomic E-state index is 12.6. The second kappa shape index (κ2) is 8.48. The van der Waals surface area contributed by atoms with Crippen molar-refractivity contribution in [2.75, 3.05) is 7.11 Å². The Balaban J connectivity index is 1.67. The van der Waals surface area contributed by atoms with Crippen LogP contribution in [-0.2, 0) is 12.3 Å². The van der Waals surface area contributed by atoms with E-state index in [1.54, 1.807) is 32.4 Å². The van der Waals surface area contributed by atoms with E-state index >= 15 is 0 Å². The Kier molecular flexibility index (Phi) is 5.85. The molecule has 0 aliphatic rings. The van der Waals surface area contributed by atoms with E-state index < -0.39 is 0 Å². The second-order valence-electron chi connectivity index (χ2n) is 5.37. The summed E-state index contributed by atoms with van der Waals surface area (Å²) in [5.74, 6) is 1.99. The summed E-state index contributed by atoms with van der Waals surface area (Å²) in [6, 6.07) is 11.1. The van der Waals surface area contributed by atoms with E-state index in [0.717, 1.165) is 10.5 Å². The summed E-state index contributed by atoms with van der Waals surface area (Å²) in [5.41, 5.74) is 1.41. The third-order valence-electron chi connectivity index (χ3n) is 3.54. The zero-order chi connectivity index (χ0) is 18.4. The Morgan fingerprint density at radius 2 is 2.12 bits per heavy atom. The highest BCUT2D eigenvalue weighted by Gasteiger charge is 2.13. The maximum Gasteiger partial charge on any atom is 0.252 e. The first-order valence-electron chi connectivity index (χ1n) is 7.94. The molecule has 3 aromatic rings. The van der Waals surface area contributed by atoms with Crippen molar-refractivity contribution in [3.05, 3.63) is 65.4 Å². The number of carbonyl (C=O) groups excluding carboxylic acids is 1. The van der Waals surface area contributed by atoms with Gasteiger partial charge in [-0.2, -0.15) is 4.98 Å². The van der Waals surface area contributed by atoms with Gasteiger partial charge in [-0.15, -0.1) is 11.8 Å². The molecule has 2 heterocycles. The van der Waals surface area contributed by atoms with Gasteiger partial charge in [0.25, 0.3) is 5.91 Å². The van der Waals surface area contributed by atoms with Gasteiger partial charge in [-0.1, -0.05) is 23.4 Å². The van der Waals surface area contributed by atoms with E-state index in [0.29, 0.717) is 35.5 Å². The van der Waals surface area contributed by atoms with Gasteiger partial charge in [0.2, 0.25) is 11.8 Å². The van der Waals surface area contributed by atoms with E-state index in [4.69, 9.17) is 9.26 Å². The molecule has 0 bridgehead atoms. The molecule has 8 heteroatoms. The van der Waals surface area contributed by atoms with Crippen molar-refractivity contribution < 1.29 is 14.1 Å². The Morgan fingerprint density at radius 3 is 2.88 bits per heavy atom. The summed E-state index contributed by atoms with van der Waals surface area (Å²) in [6.07, 6.45) is 1.65. The fraction of sp³-hybridized carbons (Fsp3) is 0.222. The van der Waals surface area contributed by atoms with Crippen LogP contribution in [0.5, 0.6) is 5.88 Å². The highest BCUT2D eigenvalue weighted by Crippen LogP contribution is 2.25. The van der Waals surface area contributed by atoms with Gasteiger partial charge >= 0.3 is 0 Å². The molecule has 0 spiro atoms. The SMILES string of the molecule is COc1ncccc1CNC(=O)c1ccccc1SCc1noc(C)n1. The number of rotatable bonds is 7. The molecule has 1 aromatic carbocycles. The number of amides is 1. The molecular weight excluding hydrogens is 352 g/mol. The minimum atomic E-state index is -0.164. The number of aryl methyl sites for hydroxylation is 1. The average molecular weight is 370 g/mol. The van der Waals surface area contributed by atoms with Gasteiger partial charge in [-0.3, -0.25) is 4.79 Å². The van der Waals surface area contributed by atoms with Crippen LogP contribution in [0.2, 0.25) is 0 Å². The van der Waals surface area contributed by atoms with Crippen molar-refractivity contribution >= 4 is 17.7 Å². The van der Waals surface area contributed by atoms with E-state index in [1.165, 1.54) is 11.8 Å². The molecule has 3 rings (SSSR count). The van der Waals surface area contributed by atoms with Crippen LogP contribution in [-0.4, -0.2) is 28.1 Å². The molecule has 1 amide bonds. The van der Waals surface area contributed by atoms with Crippen LogP contribution in [0.25, 0.3) is 0 Å². The van der Waals surface area contributed by atoms with Crippen LogP contribution in [0.4, 0.5) is 0 Å². The summed E-state index contributed by atoms with van der Waals surface area (Å²) < 4.78 is 10.2. The van der Waals surface area contributed by atoms with Crippen LogP contribution >= 0.6 is 11.8 Å². The Hall–Kier alpha value is -2.87. The number of ether oxygens (including phenoxy) is 1. The number of carbonyl (C=O) groups is 1. The Morgan fingerprint density at radius 1 is 1.27 bits per heavy atom. The van der Waals surface area contributed by atoms with E-state index in [-0.39, 0.29) is 5.91 Å². The molecule has 0 saturated carbocycles. The topological polar surface area (TPSA) is 90.1 Å². The summed E-state index contributed by atoms with van der Waals surface area (Å²) in [7, 11) is 1.55. The van der Waals surface area contributed by atoms with Crippen molar-refractivity contribution in [3.63, 3.8) is 0 Å². The molecule has 26 heavy (non-hydrogen) atoms. The minimum absolute atomic E-state index is 0.164. The van der Waals surface area contributed by atoms with Gasteiger partial charge in [0, 0.05) is 30.1 Å². The first kappa shape index (κ1) is 17.9. The summed E-state index contributed by atoms with van der Waals surface area (Å²) in [5, 5.41) is 6.78. The number of thioether (sulfide) groups is 1. The summed E-state index contributed by atoms with van der Waals surface area (Å²) in [6.45, 7) is 2.08. The van der Waals surface area contributed by atoms with Gasteiger partial charge in [0.1, 0.15) is 0 Å². The standard InChI is InChI=1S/C18H18N4O3S/c1-12-21-16(22-25-12)11-26-15-8-4-3-7-14(15)17(23)20-10-13-6-5-9-19-18(13)24-2/h3-9H,10-11H2,1-2H3,(H,20,23). The number of methoxy groups -OCH3 is 1. The molecule has 0 aliphatic carbocycles. The largest absolute Gasteiger partial charge is 0.481 e. The van der Waals surface area contributed by atoms with E-state index in [1.807, 2.05) is 24.3 Å². The molecule has 2 aromatic heterocycles. The number of aromatic nitrogens is 3. The Labute approximate surface area is 155 Å². The molecule has 0 atom stereocenters. The van der Waals surface area contributed by atoms with Crippen molar-refractivity contribution in [2.45, 2.75) is 24.1 Å². The maximum atomic E-state index is 12.6. The van der Waals surface area contributed by atoms with Crippen LogP contribution in [0.15, 0.2) is 52.0 Å². The molecule has 134 valence electrons. The summed E-state index contributed by atoms with van der Waals surface area (Å²) in [4.78, 5) is 21.8. The molecule has 0 radical (unpaired) electrons. The fourth-order valence-electron chi connectivity index (χ4n) is 2.34. The summed E-state index contributed by atoms with van der Waals surface area (Å²) >= 11 is 1.49. The van der Waals surface area contributed by atoms with Crippen molar-refractivity contribution in [1.29, 1.82) is 0 Å². The number of nitrogens with one attached hydrogen (secondary N) is 1. The Bertz CT molecular complexity index is 897. The van der Waals surface area contributed by atoms with E-state index in [2.05, 4.69) is 20.4 Å². The predicted octanol–water partition coefficient (Wildman–Crippen LogP) is 3.00. The lowest BCUT2D eigenvalue weighted by Gasteiger charge is -2.11. The molecule has 0 unspecified atom stereocenters. The zero-order valence-corrected chi connectivity index (χ0v) is 15.2. The normalized spacial score (nSPS) is 10.5.